The van der Waals surface area contributed by atoms with Crippen LogP contribution in [-0.4, -0.2) is 12.2 Å². The minimum atomic E-state index is -4.47. The number of halogens is 3. The lowest BCUT2D eigenvalue weighted by atomic mass is 9.99. The van der Waals surface area contributed by atoms with Crippen molar-refractivity contribution in [3.8, 4) is 5.75 Å². The molecule has 2 rings (SSSR count). The minimum absolute atomic E-state index is 0.0924. The van der Waals surface area contributed by atoms with Crippen molar-refractivity contribution >= 4 is 0 Å². The second kappa shape index (κ2) is 3.38. The first kappa shape index (κ1) is 11.3. The van der Waals surface area contributed by atoms with Crippen molar-refractivity contribution in [2.45, 2.75) is 24.6 Å². The lowest BCUT2D eigenvalue weighted by Gasteiger charge is -2.19. The van der Waals surface area contributed by atoms with Crippen molar-refractivity contribution < 1.29 is 23.0 Å². The van der Waals surface area contributed by atoms with Crippen LogP contribution in [0.4, 0.5) is 13.2 Å². The van der Waals surface area contributed by atoms with Gasteiger partial charge in [-0.05, 0) is 25.0 Å². The van der Waals surface area contributed by atoms with Gasteiger partial charge in [0, 0.05) is 5.56 Å². The van der Waals surface area contributed by atoms with Gasteiger partial charge < -0.3 is 9.84 Å². The van der Waals surface area contributed by atoms with Crippen molar-refractivity contribution in [1.82, 2.24) is 0 Å². The average molecular weight is 232 g/mol. The molecule has 1 aromatic rings. The highest BCUT2D eigenvalue weighted by molar-refractivity contribution is 5.48. The Kier molecular flexibility index (Phi) is 2.38. The second-order valence-corrected chi connectivity index (χ2v) is 3.91. The van der Waals surface area contributed by atoms with Crippen molar-refractivity contribution in [2.75, 3.05) is 7.11 Å². The normalized spacial score (nSPS) is 18.3. The monoisotopic (exact) mass is 232 g/mol. The molecule has 2 nitrogen and oxygen atoms in total. The molecule has 0 unspecified atom stereocenters. The molecule has 0 saturated heterocycles. The number of alkyl halides is 3. The highest BCUT2D eigenvalue weighted by Crippen LogP contribution is 2.52. The molecular weight excluding hydrogens is 221 g/mol. The number of hydrogen-bond donors (Lipinski definition) is 1. The number of rotatable bonds is 2. The maximum Gasteiger partial charge on any atom is 0.416 e. The number of ether oxygens (including phenoxy) is 1. The quantitative estimate of drug-likeness (QED) is 0.849. The van der Waals surface area contributed by atoms with E-state index in [1.54, 1.807) is 0 Å². The Hall–Kier alpha value is -1.23. The van der Waals surface area contributed by atoms with Gasteiger partial charge in [0.25, 0.3) is 0 Å². The van der Waals surface area contributed by atoms with Gasteiger partial charge >= 0.3 is 6.18 Å². The van der Waals surface area contributed by atoms with Gasteiger partial charge in [-0.25, -0.2) is 0 Å². The molecule has 1 N–H and O–H groups in total. The predicted octanol–water partition coefficient (Wildman–Crippen LogP) is 2.70. The smallest absolute Gasteiger partial charge is 0.416 e. The first-order valence-electron chi connectivity index (χ1n) is 4.85. The number of methoxy groups -OCH3 is 1. The van der Waals surface area contributed by atoms with E-state index >= 15 is 0 Å². The van der Waals surface area contributed by atoms with E-state index in [4.69, 9.17) is 4.74 Å². The van der Waals surface area contributed by atoms with Crippen molar-refractivity contribution in [3.05, 3.63) is 29.3 Å². The highest BCUT2D eigenvalue weighted by atomic mass is 19.4. The van der Waals surface area contributed by atoms with Gasteiger partial charge in [0.15, 0.2) is 0 Å². The van der Waals surface area contributed by atoms with E-state index < -0.39 is 17.3 Å². The third-order valence-corrected chi connectivity index (χ3v) is 2.74. The topological polar surface area (TPSA) is 29.5 Å². The molecule has 0 atom stereocenters. The van der Waals surface area contributed by atoms with Crippen molar-refractivity contribution in [3.63, 3.8) is 0 Å². The highest BCUT2D eigenvalue weighted by Gasteiger charge is 2.50. The Balaban J connectivity index is 2.61. The van der Waals surface area contributed by atoms with Crippen LogP contribution in [0, 0.1) is 0 Å². The molecule has 0 heterocycles. The van der Waals surface area contributed by atoms with Gasteiger partial charge in [-0.15, -0.1) is 0 Å². The Morgan fingerprint density at radius 2 is 1.94 bits per heavy atom. The molecule has 0 aliphatic heterocycles. The molecule has 1 aliphatic carbocycles. The standard InChI is InChI=1S/C11H11F3O2/c1-16-8-4-2-3-7(11(12,13)14)9(8)10(15)5-6-10/h2-4,15H,5-6H2,1H3. The molecule has 5 heteroatoms. The lowest BCUT2D eigenvalue weighted by molar-refractivity contribution is -0.139. The second-order valence-electron chi connectivity index (χ2n) is 3.91. The summed E-state index contributed by atoms with van der Waals surface area (Å²) in [6.07, 6.45) is -3.78. The number of benzene rings is 1. The Morgan fingerprint density at radius 3 is 2.38 bits per heavy atom. The molecule has 88 valence electrons. The summed E-state index contributed by atoms with van der Waals surface area (Å²) in [6, 6.07) is 3.67. The molecular formula is C11H11F3O2. The van der Waals surface area contributed by atoms with Crippen LogP contribution >= 0.6 is 0 Å². The fourth-order valence-corrected chi connectivity index (χ4v) is 1.79. The maximum atomic E-state index is 12.8. The SMILES string of the molecule is COc1cccc(C(F)(F)F)c1C1(O)CC1. The molecule has 1 aromatic carbocycles. The number of aliphatic hydroxyl groups is 1. The summed E-state index contributed by atoms with van der Waals surface area (Å²) in [4.78, 5) is 0. The van der Waals surface area contributed by atoms with Crippen LogP contribution in [-0.2, 0) is 11.8 Å². The molecule has 0 amide bonds. The molecule has 16 heavy (non-hydrogen) atoms. The van der Waals surface area contributed by atoms with Crippen LogP contribution in [0.5, 0.6) is 5.75 Å². The zero-order valence-electron chi connectivity index (χ0n) is 8.64. The van der Waals surface area contributed by atoms with Crippen LogP contribution < -0.4 is 4.74 Å². The van der Waals surface area contributed by atoms with Crippen LogP contribution in [0.15, 0.2) is 18.2 Å². The van der Waals surface area contributed by atoms with Gasteiger partial charge in [-0.2, -0.15) is 13.2 Å². The Labute approximate surface area is 90.7 Å². The fraction of sp³-hybridized carbons (Fsp3) is 0.455. The molecule has 0 bridgehead atoms. The molecule has 1 aliphatic rings. The summed E-state index contributed by atoms with van der Waals surface area (Å²) in [5.41, 5.74) is -2.31. The van der Waals surface area contributed by atoms with E-state index in [2.05, 4.69) is 0 Å². The number of hydrogen-bond acceptors (Lipinski definition) is 2. The molecule has 0 radical (unpaired) electrons. The molecule has 1 saturated carbocycles. The van der Waals surface area contributed by atoms with Gasteiger partial charge in [-0.1, -0.05) is 6.07 Å². The lowest BCUT2D eigenvalue weighted by Crippen LogP contribution is -2.17. The third-order valence-electron chi connectivity index (χ3n) is 2.74. The first-order chi connectivity index (χ1) is 7.38. The van der Waals surface area contributed by atoms with E-state index in [-0.39, 0.29) is 11.3 Å². The summed E-state index contributed by atoms with van der Waals surface area (Å²) in [5, 5.41) is 9.88. The van der Waals surface area contributed by atoms with E-state index in [1.165, 1.54) is 19.2 Å². The zero-order valence-corrected chi connectivity index (χ0v) is 8.64. The summed E-state index contributed by atoms with van der Waals surface area (Å²) in [6.45, 7) is 0. The van der Waals surface area contributed by atoms with Crippen LogP contribution in [0.25, 0.3) is 0 Å². The first-order valence-corrected chi connectivity index (χ1v) is 4.85. The summed E-state index contributed by atoms with van der Waals surface area (Å²) < 4.78 is 43.2. The van der Waals surface area contributed by atoms with Crippen molar-refractivity contribution in [2.24, 2.45) is 0 Å². The molecule has 0 spiro atoms. The average Bonchev–Trinajstić information content (AvgIpc) is 2.95. The van der Waals surface area contributed by atoms with Crippen LogP contribution in [0.3, 0.4) is 0 Å². The van der Waals surface area contributed by atoms with E-state index in [9.17, 15) is 18.3 Å². The Morgan fingerprint density at radius 1 is 1.31 bits per heavy atom. The van der Waals surface area contributed by atoms with Crippen molar-refractivity contribution in [1.29, 1.82) is 0 Å². The molecule has 0 aromatic heterocycles. The largest absolute Gasteiger partial charge is 0.496 e. The predicted molar refractivity (Wildman–Crippen MR) is 51.1 cm³/mol. The van der Waals surface area contributed by atoms with E-state index in [0.29, 0.717) is 12.8 Å². The molecule has 1 fully saturated rings. The van der Waals surface area contributed by atoms with Crippen LogP contribution in [0.1, 0.15) is 24.0 Å². The van der Waals surface area contributed by atoms with Gasteiger partial charge in [0.05, 0.1) is 18.3 Å². The Bertz CT molecular complexity index is 408. The van der Waals surface area contributed by atoms with Crippen LogP contribution in [0.2, 0.25) is 0 Å². The van der Waals surface area contributed by atoms with Gasteiger partial charge in [0.2, 0.25) is 0 Å². The zero-order chi connectivity index (χ0) is 12.0. The van der Waals surface area contributed by atoms with E-state index in [1.807, 2.05) is 0 Å². The van der Waals surface area contributed by atoms with Gasteiger partial charge in [-0.3, -0.25) is 0 Å². The summed E-state index contributed by atoms with van der Waals surface area (Å²) in [7, 11) is 1.30. The fourth-order valence-electron chi connectivity index (χ4n) is 1.79. The maximum absolute atomic E-state index is 12.8. The van der Waals surface area contributed by atoms with E-state index in [0.717, 1.165) is 6.07 Å². The summed E-state index contributed by atoms with van der Waals surface area (Å²) in [5.74, 6) is 0.0924. The third kappa shape index (κ3) is 1.75. The van der Waals surface area contributed by atoms with Gasteiger partial charge in [0.1, 0.15) is 5.75 Å². The minimum Gasteiger partial charge on any atom is -0.496 e. The summed E-state index contributed by atoms with van der Waals surface area (Å²) >= 11 is 0.